The number of aromatic nitrogens is 6. The van der Waals surface area contributed by atoms with Gasteiger partial charge in [0.15, 0.2) is 5.82 Å². The van der Waals surface area contributed by atoms with Gasteiger partial charge in [0, 0.05) is 37.1 Å². The number of hydrogen-bond donors (Lipinski definition) is 2. The Labute approximate surface area is 205 Å². The van der Waals surface area contributed by atoms with Crippen LogP contribution in [-0.2, 0) is 12.8 Å². The van der Waals surface area contributed by atoms with Crippen LogP contribution in [0.1, 0.15) is 41.9 Å². The van der Waals surface area contributed by atoms with E-state index >= 15 is 0 Å². The van der Waals surface area contributed by atoms with Gasteiger partial charge in [0.25, 0.3) is 0 Å². The molecule has 0 fully saturated rings. The minimum atomic E-state index is -0.451. The molecule has 0 aliphatic carbocycles. The number of aromatic amines is 1. The Hall–Kier alpha value is -3.65. The summed E-state index contributed by atoms with van der Waals surface area (Å²) in [6.45, 7) is 5.57. The van der Waals surface area contributed by atoms with Crippen LogP contribution in [0.2, 0.25) is 0 Å². The van der Waals surface area contributed by atoms with Gasteiger partial charge in [-0.2, -0.15) is 0 Å². The summed E-state index contributed by atoms with van der Waals surface area (Å²) in [6, 6.07) is 16.9. The number of β-amino-alcohol motifs (C(OH)–C–C–N with tert-alkyl or cyclic N) is 1. The zero-order valence-corrected chi connectivity index (χ0v) is 20.3. The van der Waals surface area contributed by atoms with Gasteiger partial charge < -0.3 is 10.0 Å². The van der Waals surface area contributed by atoms with Gasteiger partial charge in [0.05, 0.1) is 23.2 Å². The van der Waals surface area contributed by atoms with Crippen LogP contribution in [0.4, 0.5) is 5.82 Å². The highest BCUT2D eigenvalue weighted by Crippen LogP contribution is 2.35. The Morgan fingerprint density at radius 1 is 0.886 bits per heavy atom. The van der Waals surface area contributed by atoms with Crippen molar-refractivity contribution in [2.45, 2.75) is 52.1 Å². The third-order valence-electron chi connectivity index (χ3n) is 6.49. The fraction of sp³-hybridized carbons (Fsp3) is 0.370. The molecule has 0 saturated carbocycles. The number of aryl methyl sites for hydroxylation is 3. The van der Waals surface area contributed by atoms with Crippen molar-refractivity contribution in [3.05, 3.63) is 71.2 Å². The second-order valence-electron chi connectivity index (χ2n) is 9.39. The first-order valence-electron chi connectivity index (χ1n) is 12.3. The van der Waals surface area contributed by atoms with E-state index in [2.05, 4.69) is 87.9 Å². The zero-order chi connectivity index (χ0) is 24.2. The average molecular weight is 470 g/mol. The van der Waals surface area contributed by atoms with Crippen LogP contribution in [-0.4, -0.2) is 54.9 Å². The molecule has 180 valence electrons. The molecule has 2 aromatic carbocycles. The van der Waals surface area contributed by atoms with Crippen LogP contribution in [0, 0.1) is 13.8 Å². The molecule has 1 aliphatic heterocycles. The fourth-order valence-electron chi connectivity index (χ4n) is 4.56. The molecule has 1 atom stereocenters. The normalized spacial score (nSPS) is 15.3. The van der Waals surface area contributed by atoms with Crippen molar-refractivity contribution in [1.82, 2.24) is 30.6 Å². The van der Waals surface area contributed by atoms with E-state index in [-0.39, 0.29) is 0 Å². The second-order valence-corrected chi connectivity index (χ2v) is 9.39. The van der Waals surface area contributed by atoms with Crippen LogP contribution in [0.5, 0.6) is 0 Å². The quantitative estimate of drug-likeness (QED) is 0.375. The summed E-state index contributed by atoms with van der Waals surface area (Å²) in [4.78, 5) is 12.5. The Morgan fingerprint density at radius 3 is 2.17 bits per heavy atom. The summed E-state index contributed by atoms with van der Waals surface area (Å²) in [7, 11) is 0. The molecular formula is C27H31N7O. The second kappa shape index (κ2) is 10.3. The van der Waals surface area contributed by atoms with Crippen molar-refractivity contribution in [1.29, 1.82) is 0 Å². The number of fused-ring (bicyclic) bond motifs is 1. The van der Waals surface area contributed by atoms with Crippen LogP contribution in [0.3, 0.4) is 0 Å². The molecule has 0 amide bonds. The van der Waals surface area contributed by atoms with Gasteiger partial charge in [-0.25, -0.2) is 15.1 Å². The molecule has 0 radical (unpaired) electrons. The molecule has 35 heavy (non-hydrogen) atoms. The van der Waals surface area contributed by atoms with Crippen molar-refractivity contribution in [2.75, 3.05) is 18.0 Å². The van der Waals surface area contributed by atoms with Crippen LogP contribution in [0.15, 0.2) is 48.5 Å². The number of anilines is 1. The number of benzene rings is 2. The highest BCUT2D eigenvalue weighted by molar-refractivity contribution is 5.80. The first-order valence-corrected chi connectivity index (χ1v) is 12.3. The SMILES string of the molecule is Cc1ccc(-c2nc3c(nc2-c2ccc(C)cc2)N(CCCCCc2nnn[nH]2)C[C@@H](O)C3)cc1. The van der Waals surface area contributed by atoms with E-state index in [1.165, 1.54) is 11.1 Å². The Bertz CT molecular complexity index is 1250. The van der Waals surface area contributed by atoms with E-state index in [1.807, 2.05) is 0 Å². The van der Waals surface area contributed by atoms with Crippen molar-refractivity contribution in [3.8, 4) is 22.5 Å². The predicted octanol–water partition coefficient (Wildman–Crippen LogP) is 4.08. The number of aliphatic hydroxyl groups excluding tert-OH is 1. The average Bonchev–Trinajstić information content (AvgIpc) is 3.38. The molecule has 0 spiro atoms. The minimum Gasteiger partial charge on any atom is -0.391 e. The number of rotatable bonds is 8. The van der Waals surface area contributed by atoms with E-state index in [1.54, 1.807) is 0 Å². The topological polar surface area (TPSA) is 104 Å². The third-order valence-corrected chi connectivity index (χ3v) is 6.49. The molecule has 0 saturated heterocycles. The van der Waals surface area contributed by atoms with Gasteiger partial charge in [0.2, 0.25) is 0 Å². The Morgan fingerprint density at radius 2 is 1.54 bits per heavy atom. The lowest BCUT2D eigenvalue weighted by molar-refractivity contribution is 0.173. The summed E-state index contributed by atoms with van der Waals surface area (Å²) in [5.41, 5.74) is 7.11. The van der Waals surface area contributed by atoms with Crippen molar-refractivity contribution in [3.63, 3.8) is 0 Å². The van der Waals surface area contributed by atoms with E-state index in [4.69, 9.17) is 9.97 Å². The number of aliphatic hydroxyl groups is 1. The van der Waals surface area contributed by atoms with Gasteiger partial charge in [0.1, 0.15) is 5.82 Å². The molecular weight excluding hydrogens is 438 g/mol. The molecule has 8 heteroatoms. The first kappa shape index (κ1) is 23.1. The number of nitrogens with zero attached hydrogens (tertiary/aromatic N) is 6. The van der Waals surface area contributed by atoms with Gasteiger partial charge in [-0.3, -0.25) is 0 Å². The van der Waals surface area contributed by atoms with Crippen LogP contribution < -0.4 is 4.90 Å². The highest BCUT2D eigenvalue weighted by atomic mass is 16.3. The molecule has 2 aromatic heterocycles. The van der Waals surface area contributed by atoms with Gasteiger partial charge >= 0.3 is 0 Å². The van der Waals surface area contributed by atoms with E-state index in [0.717, 1.165) is 72.1 Å². The summed E-state index contributed by atoms with van der Waals surface area (Å²) in [6.07, 6.45) is 3.95. The summed E-state index contributed by atoms with van der Waals surface area (Å²) in [5, 5.41) is 24.6. The molecule has 8 nitrogen and oxygen atoms in total. The van der Waals surface area contributed by atoms with Crippen LogP contribution >= 0.6 is 0 Å². The summed E-state index contributed by atoms with van der Waals surface area (Å²) >= 11 is 0. The first-order chi connectivity index (χ1) is 17.1. The molecule has 5 rings (SSSR count). The maximum absolute atomic E-state index is 10.6. The summed E-state index contributed by atoms with van der Waals surface area (Å²) in [5.74, 6) is 1.71. The number of H-pyrrole nitrogens is 1. The molecule has 3 heterocycles. The van der Waals surface area contributed by atoms with Crippen molar-refractivity contribution in [2.24, 2.45) is 0 Å². The standard InChI is InChI=1S/C27H31N7O/c1-18-7-11-20(12-8-18)25-26(21-13-9-19(2)10-14-21)29-27-23(28-25)16-22(35)17-34(27)15-5-3-4-6-24-30-32-33-31-24/h7-14,22,35H,3-6,15-17H2,1-2H3,(H,30,31,32,33)/t22-/m0/s1. The van der Waals surface area contributed by atoms with Gasteiger partial charge in [-0.1, -0.05) is 66.1 Å². The van der Waals surface area contributed by atoms with Gasteiger partial charge in [-0.15, -0.1) is 5.10 Å². The lowest BCUT2D eigenvalue weighted by atomic mass is 10.00. The number of hydrogen-bond acceptors (Lipinski definition) is 7. The maximum Gasteiger partial charge on any atom is 0.151 e. The number of nitrogens with one attached hydrogen (secondary N) is 1. The van der Waals surface area contributed by atoms with E-state index in [0.29, 0.717) is 13.0 Å². The minimum absolute atomic E-state index is 0.451. The van der Waals surface area contributed by atoms with Crippen molar-refractivity contribution < 1.29 is 5.11 Å². The van der Waals surface area contributed by atoms with Crippen molar-refractivity contribution >= 4 is 5.82 Å². The monoisotopic (exact) mass is 469 g/mol. The smallest absolute Gasteiger partial charge is 0.151 e. The number of tetrazole rings is 1. The van der Waals surface area contributed by atoms with E-state index in [9.17, 15) is 5.11 Å². The molecule has 0 bridgehead atoms. The van der Waals surface area contributed by atoms with Gasteiger partial charge in [-0.05, 0) is 37.1 Å². The number of unbranched alkanes of at least 4 members (excludes halogenated alkanes) is 2. The third kappa shape index (κ3) is 5.38. The Kier molecular flexibility index (Phi) is 6.81. The molecule has 0 unspecified atom stereocenters. The summed E-state index contributed by atoms with van der Waals surface area (Å²) < 4.78 is 0. The predicted molar refractivity (Wildman–Crippen MR) is 136 cm³/mol. The maximum atomic E-state index is 10.6. The lowest BCUT2D eigenvalue weighted by Gasteiger charge is -2.33. The van der Waals surface area contributed by atoms with E-state index < -0.39 is 6.10 Å². The molecule has 2 N–H and O–H groups in total. The Balaban J connectivity index is 1.43. The highest BCUT2D eigenvalue weighted by Gasteiger charge is 2.28. The molecule has 4 aromatic rings. The lowest BCUT2D eigenvalue weighted by Crippen LogP contribution is -2.40. The van der Waals surface area contributed by atoms with Crippen LogP contribution in [0.25, 0.3) is 22.5 Å². The fourth-order valence-corrected chi connectivity index (χ4v) is 4.56. The molecule has 1 aliphatic rings. The zero-order valence-electron chi connectivity index (χ0n) is 20.3. The largest absolute Gasteiger partial charge is 0.391 e.